The predicted octanol–water partition coefficient (Wildman–Crippen LogP) is 4.54. The number of nitrogens with zero attached hydrogens (tertiary/aromatic N) is 4. The van der Waals surface area contributed by atoms with Gasteiger partial charge < -0.3 is 9.30 Å². The van der Waals surface area contributed by atoms with Crippen LogP contribution in [0.2, 0.25) is 0 Å². The first-order chi connectivity index (χ1) is 16.7. The third kappa shape index (κ3) is 5.19. The zero-order valence-electron chi connectivity index (χ0n) is 18.7. The number of carbonyl (C=O) groups is 1. The fourth-order valence-corrected chi connectivity index (χ4v) is 4.91. The lowest BCUT2D eigenvalue weighted by Gasteiger charge is -2.27. The van der Waals surface area contributed by atoms with Crippen LogP contribution in [0.5, 0.6) is 0 Å². The molecule has 2 heterocycles. The van der Waals surface area contributed by atoms with Crippen molar-refractivity contribution in [3.05, 3.63) is 78.1 Å². The van der Waals surface area contributed by atoms with Crippen molar-refractivity contribution in [1.29, 1.82) is 0 Å². The van der Waals surface area contributed by atoms with Gasteiger partial charge >= 0.3 is 0 Å². The molecule has 6 nitrogen and oxygen atoms in total. The van der Waals surface area contributed by atoms with Crippen LogP contribution in [0.4, 0.5) is 4.39 Å². The van der Waals surface area contributed by atoms with Crippen LogP contribution in [0.25, 0.3) is 22.2 Å². The van der Waals surface area contributed by atoms with Gasteiger partial charge in [-0.1, -0.05) is 48.2 Å². The molecule has 5 rings (SSSR count). The van der Waals surface area contributed by atoms with E-state index >= 15 is 0 Å². The van der Waals surface area contributed by atoms with Crippen LogP contribution in [0.15, 0.2) is 71.9 Å². The van der Waals surface area contributed by atoms with Crippen molar-refractivity contribution in [3.63, 3.8) is 0 Å². The summed E-state index contributed by atoms with van der Waals surface area (Å²) in [6.07, 6.45) is 0. The number of hydrogen-bond acceptors (Lipinski definition) is 6. The predicted molar refractivity (Wildman–Crippen MR) is 132 cm³/mol. The number of ether oxygens (including phenoxy) is 1. The second kappa shape index (κ2) is 10.5. The van der Waals surface area contributed by atoms with Crippen LogP contribution in [0, 0.1) is 5.82 Å². The van der Waals surface area contributed by atoms with Crippen LogP contribution in [0.1, 0.15) is 10.4 Å². The molecule has 0 radical (unpaired) electrons. The lowest BCUT2D eigenvalue weighted by molar-refractivity contribution is 0.0361. The molecule has 0 amide bonds. The van der Waals surface area contributed by atoms with Crippen LogP contribution < -0.4 is 0 Å². The maximum absolute atomic E-state index is 13.5. The molecule has 0 atom stereocenters. The molecule has 8 heteroatoms. The summed E-state index contributed by atoms with van der Waals surface area (Å²) >= 11 is 1.38. The molecule has 0 saturated carbocycles. The van der Waals surface area contributed by atoms with E-state index in [0.29, 0.717) is 23.1 Å². The summed E-state index contributed by atoms with van der Waals surface area (Å²) < 4.78 is 20.9. The van der Waals surface area contributed by atoms with Crippen molar-refractivity contribution in [2.24, 2.45) is 0 Å². The fraction of sp³-hybridized carbons (Fsp3) is 0.269. The summed E-state index contributed by atoms with van der Waals surface area (Å²) in [5, 5.41) is 11.6. The van der Waals surface area contributed by atoms with Gasteiger partial charge in [0, 0.05) is 37.3 Å². The van der Waals surface area contributed by atoms with Gasteiger partial charge in [0.15, 0.2) is 16.8 Å². The van der Waals surface area contributed by atoms with E-state index in [1.54, 1.807) is 12.1 Å². The summed E-state index contributed by atoms with van der Waals surface area (Å²) in [4.78, 5) is 15.3. The lowest BCUT2D eigenvalue weighted by Crippen LogP contribution is -2.38. The average Bonchev–Trinajstić information content (AvgIpc) is 3.29. The SMILES string of the molecule is O=C(CSc1nnc(-c2ccc(F)cc2)n1CCN1CCOCC1)c1ccc2ccccc2c1. The van der Waals surface area contributed by atoms with Gasteiger partial charge in [0.2, 0.25) is 0 Å². The molecule has 1 aromatic heterocycles. The highest BCUT2D eigenvalue weighted by Crippen LogP contribution is 2.26. The van der Waals surface area contributed by atoms with Crippen molar-refractivity contribution in [2.75, 3.05) is 38.6 Å². The second-order valence-electron chi connectivity index (χ2n) is 8.19. The van der Waals surface area contributed by atoms with Crippen molar-refractivity contribution in [2.45, 2.75) is 11.7 Å². The number of hydrogen-bond donors (Lipinski definition) is 0. The normalized spacial score (nSPS) is 14.5. The number of fused-ring (bicyclic) bond motifs is 1. The summed E-state index contributed by atoms with van der Waals surface area (Å²) in [6, 6.07) is 20.1. The molecular weight excluding hydrogens is 451 g/mol. The quantitative estimate of drug-likeness (QED) is 0.275. The highest BCUT2D eigenvalue weighted by molar-refractivity contribution is 7.99. The Kier molecular flexibility index (Phi) is 6.99. The zero-order valence-corrected chi connectivity index (χ0v) is 19.5. The molecule has 1 aliphatic heterocycles. The first kappa shape index (κ1) is 22.7. The molecule has 0 spiro atoms. The maximum atomic E-state index is 13.5. The molecule has 4 aromatic rings. The van der Waals surface area contributed by atoms with Gasteiger partial charge in [-0.3, -0.25) is 9.69 Å². The summed E-state index contributed by atoms with van der Waals surface area (Å²) in [5.74, 6) is 0.687. The largest absolute Gasteiger partial charge is 0.379 e. The Labute approximate surface area is 201 Å². The number of aromatic nitrogens is 3. The number of Topliss-reactive ketones (excluding diaryl/α,β-unsaturated/α-hetero) is 1. The standard InChI is InChI=1S/C26H25FN4O2S/c27-23-9-7-20(8-10-23)25-28-29-26(31(25)12-11-30-13-15-33-16-14-30)34-18-24(32)22-6-5-19-3-1-2-4-21(19)17-22/h1-10,17H,11-16,18H2. The highest BCUT2D eigenvalue weighted by Gasteiger charge is 2.18. The van der Waals surface area contributed by atoms with Crippen molar-refractivity contribution < 1.29 is 13.9 Å². The molecule has 174 valence electrons. The van der Waals surface area contributed by atoms with E-state index in [2.05, 4.69) is 15.1 Å². The molecule has 0 aliphatic carbocycles. The molecule has 0 bridgehead atoms. The lowest BCUT2D eigenvalue weighted by atomic mass is 10.1. The molecule has 3 aromatic carbocycles. The third-order valence-corrected chi connectivity index (χ3v) is 6.93. The van der Waals surface area contributed by atoms with Gasteiger partial charge in [0.05, 0.1) is 19.0 Å². The molecule has 1 fully saturated rings. The van der Waals surface area contributed by atoms with E-state index in [1.165, 1.54) is 23.9 Å². The molecule has 34 heavy (non-hydrogen) atoms. The van der Waals surface area contributed by atoms with E-state index in [9.17, 15) is 9.18 Å². The highest BCUT2D eigenvalue weighted by atomic mass is 32.2. The minimum Gasteiger partial charge on any atom is -0.379 e. The number of carbonyl (C=O) groups excluding carboxylic acids is 1. The Bertz CT molecular complexity index is 1290. The van der Waals surface area contributed by atoms with Gasteiger partial charge in [-0.2, -0.15) is 0 Å². The van der Waals surface area contributed by atoms with E-state index in [-0.39, 0.29) is 17.4 Å². The first-order valence-electron chi connectivity index (χ1n) is 11.3. The first-order valence-corrected chi connectivity index (χ1v) is 12.3. The van der Waals surface area contributed by atoms with E-state index in [0.717, 1.165) is 49.2 Å². The number of morpholine rings is 1. The average molecular weight is 477 g/mol. The van der Waals surface area contributed by atoms with Crippen LogP contribution in [-0.4, -0.2) is 64.0 Å². The summed E-state index contributed by atoms with van der Waals surface area (Å²) in [7, 11) is 0. The molecule has 0 N–H and O–H groups in total. The van der Waals surface area contributed by atoms with Crippen molar-refractivity contribution in [3.8, 4) is 11.4 Å². The molecule has 1 saturated heterocycles. The fourth-order valence-electron chi connectivity index (χ4n) is 4.05. The third-order valence-electron chi connectivity index (χ3n) is 5.97. The van der Waals surface area contributed by atoms with Gasteiger partial charge in [-0.25, -0.2) is 4.39 Å². The van der Waals surface area contributed by atoms with Gasteiger partial charge in [-0.05, 0) is 41.1 Å². The number of rotatable bonds is 8. The van der Waals surface area contributed by atoms with Gasteiger partial charge in [-0.15, -0.1) is 10.2 Å². The van der Waals surface area contributed by atoms with Crippen LogP contribution in [-0.2, 0) is 11.3 Å². The Morgan fingerprint density at radius 3 is 2.50 bits per heavy atom. The van der Waals surface area contributed by atoms with E-state index < -0.39 is 0 Å². The molecule has 1 aliphatic rings. The number of halogens is 1. The maximum Gasteiger partial charge on any atom is 0.191 e. The summed E-state index contributed by atoms with van der Waals surface area (Å²) in [6.45, 7) is 4.73. The van der Waals surface area contributed by atoms with Gasteiger partial charge in [0.1, 0.15) is 5.82 Å². The Morgan fingerprint density at radius 2 is 1.71 bits per heavy atom. The van der Waals surface area contributed by atoms with Crippen molar-refractivity contribution in [1.82, 2.24) is 19.7 Å². The van der Waals surface area contributed by atoms with Crippen LogP contribution >= 0.6 is 11.8 Å². The van der Waals surface area contributed by atoms with Gasteiger partial charge in [0.25, 0.3) is 0 Å². The van der Waals surface area contributed by atoms with Crippen molar-refractivity contribution >= 4 is 28.3 Å². The zero-order chi connectivity index (χ0) is 23.3. The molecule has 0 unspecified atom stereocenters. The minimum absolute atomic E-state index is 0.0433. The Hall–Kier alpha value is -3.07. The number of thioether (sulfide) groups is 1. The second-order valence-corrected chi connectivity index (χ2v) is 9.14. The Morgan fingerprint density at radius 1 is 0.941 bits per heavy atom. The minimum atomic E-state index is -0.293. The Balaban J connectivity index is 1.34. The number of ketones is 1. The topological polar surface area (TPSA) is 60.2 Å². The van der Waals surface area contributed by atoms with E-state index in [1.807, 2.05) is 47.0 Å². The molecular formula is C26H25FN4O2S. The number of benzene rings is 3. The monoisotopic (exact) mass is 476 g/mol. The van der Waals surface area contributed by atoms with Crippen LogP contribution in [0.3, 0.4) is 0 Å². The van der Waals surface area contributed by atoms with E-state index in [4.69, 9.17) is 4.74 Å². The summed E-state index contributed by atoms with van der Waals surface area (Å²) in [5.41, 5.74) is 1.48. The smallest absolute Gasteiger partial charge is 0.191 e.